The van der Waals surface area contributed by atoms with Gasteiger partial charge in [-0.1, -0.05) is 0 Å². The second-order valence-electron chi connectivity index (χ2n) is 5.42. The number of hydrogen-bond donors (Lipinski definition) is 4. The lowest BCUT2D eigenvalue weighted by atomic mass is 10.1. The summed E-state index contributed by atoms with van der Waals surface area (Å²) in [5.41, 5.74) is -0.632. The van der Waals surface area contributed by atoms with E-state index >= 15 is 0 Å². The highest BCUT2D eigenvalue weighted by Crippen LogP contribution is 2.30. The summed E-state index contributed by atoms with van der Waals surface area (Å²) in [4.78, 5) is 49.2. The van der Waals surface area contributed by atoms with E-state index in [1.165, 1.54) is 4.90 Å². The van der Waals surface area contributed by atoms with Crippen molar-refractivity contribution < 1.29 is 38.9 Å². The van der Waals surface area contributed by atoms with Crippen molar-refractivity contribution in [1.29, 1.82) is 0 Å². The smallest absolute Gasteiger partial charge is 0.331 e. The lowest BCUT2D eigenvalue weighted by molar-refractivity contribution is -0.153. The largest absolute Gasteiger partial charge is 0.504 e. The Labute approximate surface area is 146 Å². The van der Waals surface area contributed by atoms with Gasteiger partial charge < -0.3 is 25.5 Å². The number of carboxylic acids is 1. The first kappa shape index (κ1) is 19.0. The molecule has 1 heterocycles. The molecule has 1 aromatic carbocycles. The number of benzene rings is 1. The fraction of sp³-hybridized carbons (Fsp3) is 0.333. The molecule has 1 fully saturated rings. The fourth-order valence-electron chi connectivity index (χ4n) is 2.43. The molecule has 1 atom stereocenters. The van der Waals surface area contributed by atoms with Gasteiger partial charge in [0.1, 0.15) is 5.82 Å². The number of phenols is 2. The van der Waals surface area contributed by atoms with Gasteiger partial charge in [-0.05, 0) is 13.0 Å². The molecule has 1 unspecified atom stereocenters. The highest BCUT2D eigenvalue weighted by atomic mass is 19.1. The van der Waals surface area contributed by atoms with Gasteiger partial charge in [-0.3, -0.25) is 14.5 Å². The second-order valence-corrected chi connectivity index (χ2v) is 5.42. The topological polar surface area (TPSA) is 147 Å². The minimum atomic E-state index is -1.96. The van der Waals surface area contributed by atoms with Crippen LogP contribution in [0.25, 0.3) is 0 Å². The molecule has 0 spiro atoms. The van der Waals surface area contributed by atoms with Crippen LogP contribution in [-0.4, -0.2) is 68.6 Å². The summed E-state index contributed by atoms with van der Waals surface area (Å²) < 4.78 is 13.9. The third-order valence-corrected chi connectivity index (χ3v) is 3.86. The molecule has 10 nitrogen and oxygen atoms in total. The van der Waals surface area contributed by atoms with E-state index in [0.717, 1.165) is 0 Å². The molecular formula is C15H16FN3O7. The highest BCUT2D eigenvalue weighted by Gasteiger charge is 2.37. The summed E-state index contributed by atoms with van der Waals surface area (Å²) in [6.45, 7) is 1.86. The number of nitrogens with one attached hydrogen (secondary N) is 1. The van der Waals surface area contributed by atoms with Gasteiger partial charge in [-0.25, -0.2) is 14.0 Å². The third-order valence-electron chi connectivity index (χ3n) is 3.86. The number of urea groups is 1. The lowest BCUT2D eigenvalue weighted by Gasteiger charge is -2.32. The van der Waals surface area contributed by atoms with Crippen LogP contribution in [0.4, 0.5) is 9.18 Å². The molecule has 0 aromatic heterocycles. The molecule has 1 aliphatic heterocycles. The van der Waals surface area contributed by atoms with E-state index in [9.17, 15) is 38.9 Å². The lowest BCUT2D eigenvalue weighted by Crippen LogP contribution is -2.58. The molecule has 1 aromatic rings. The normalized spacial score (nSPS) is 15.8. The Kier molecular flexibility index (Phi) is 5.29. The molecule has 4 N–H and O–H groups in total. The Bertz CT molecular complexity index is 783. The predicted molar refractivity (Wildman–Crippen MR) is 82.6 cm³/mol. The number of nitrogens with zero attached hydrogens (tertiary/aromatic N) is 2. The van der Waals surface area contributed by atoms with Crippen molar-refractivity contribution >= 4 is 23.8 Å². The zero-order valence-corrected chi connectivity index (χ0v) is 13.6. The first-order chi connectivity index (χ1) is 12.2. The summed E-state index contributed by atoms with van der Waals surface area (Å²) in [6.07, 6.45) is 0. The Balaban J connectivity index is 2.25. The second kappa shape index (κ2) is 7.25. The van der Waals surface area contributed by atoms with Crippen LogP contribution in [0, 0.1) is 5.82 Å². The van der Waals surface area contributed by atoms with E-state index in [1.54, 1.807) is 6.92 Å². The van der Waals surface area contributed by atoms with Crippen molar-refractivity contribution in [3.05, 3.63) is 23.5 Å². The number of hydrogen-bond acceptors (Lipinski definition) is 6. The Morgan fingerprint density at radius 2 is 1.81 bits per heavy atom. The van der Waals surface area contributed by atoms with Crippen LogP contribution < -0.4 is 5.32 Å². The summed E-state index contributed by atoms with van der Waals surface area (Å²) >= 11 is 0. The number of aromatic hydroxyl groups is 2. The number of imide groups is 1. The summed E-state index contributed by atoms with van der Waals surface area (Å²) in [6, 6.07) is -2.02. The van der Waals surface area contributed by atoms with Crippen LogP contribution in [0.15, 0.2) is 12.1 Å². The summed E-state index contributed by atoms with van der Waals surface area (Å²) in [7, 11) is 0. The maximum Gasteiger partial charge on any atom is 0.331 e. The first-order valence-electron chi connectivity index (χ1n) is 7.52. The monoisotopic (exact) mass is 369 g/mol. The fourth-order valence-corrected chi connectivity index (χ4v) is 2.43. The molecule has 140 valence electrons. The van der Waals surface area contributed by atoms with Crippen molar-refractivity contribution in [2.45, 2.75) is 13.0 Å². The van der Waals surface area contributed by atoms with Gasteiger partial charge in [-0.2, -0.15) is 0 Å². The zero-order valence-electron chi connectivity index (χ0n) is 13.6. The minimum absolute atomic E-state index is 0.0839. The number of aliphatic carboxylic acids is 1. The first-order valence-corrected chi connectivity index (χ1v) is 7.52. The van der Waals surface area contributed by atoms with Crippen molar-refractivity contribution in [1.82, 2.24) is 15.1 Å². The molecule has 2 rings (SSSR count). The predicted octanol–water partition coefficient (Wildman–Crippen LogP) is -0.237. The van der Waals surface area contributed by atoms with Crippen molar-refractivity contribution in [2.75, 3.05) is 19.6 Å². The molecule has 11 heteroatoms. The number of carboxylic acid groups (broad SMARTS) is 1. The molecule has 0 saturated carbocycles. The van der Waals surface area contributed by atoms with E-state index in [2.05, 4.69) is 0 Å². The molecule has 26 heavy (non-hydrogen) atoms. The maximum absolute atomic E-state index is 13.9. The molecule has 0 aliphatic carbocycles. The van der Waals surface area contributed by atoms with Gasteiger partial charge >= 0.3 is 23.8 Å². The van der Waals surface area contributed by atoms with Crippen LogP contribution >= 0.6 is 0 Å². The van der Waals surface area contributed by atoms with E-state index < -0.39 is 52.7 Å². The average molecular weight is 369 g/mol. The van der Waals surface area contributed by atoms with Crippen LogP contribution in [-0.2, 0) is 14.4 Å². The van der Waals surface area contributed by atoms with E-state index in [0.29, 0.717) is 17.0 Å². The Morgan fingerprint density at radius 3 is 2.38 bits per heavy atom. The molecular weight excluding hydrogens is 353 g/mol. The standard InChI is InChI=1S/C15H16FN3O7/c1-2-18-3-4-19(13(23)12(18)22)15(26)17-11(14(24)25)7-5-9(20)10(21)6-8(7)16/h5-6,11,20-21H,2-4H2,1H3,(H,17,26)(H,24,25). The number of likely N-dealkylation sites (N-methyl/N-ethyl adjacent to an activating group) is 1. The average Bonchev–Trinajstić information content (AvgIpc) is 2.58. The van der Waals surface area contributed by atoms with Crippen molar-refractivity contribution in [3.8, 4) is 11.5 Å². The van der Waals surface area contributed by atoms with Gasteiger partial charge in [0.05, 0.1) is 0 Å². The van der Waals surface area contributed by atoms with Gasteiger partial charge in [-0.15, -0.1) is 0 Å². The number of amides is 4. The van der Waals surface area contributed by atoms with Crippen molar-refractivity contribution in [3.63, 3.8) is 0 Å². The highest BCUT2D eigenvalue weighted by molar-refractivity contribution is 6.38. The SMILES string of the molecule is CCN1CCN(C(=O)NC(C(=O)O)c2cc(O)c(O)cc2F)C(=O)C1=O. The van der Waals surface area contributed by atoms with Crippen LogP contribution in [0.3, 0.4) is 0 Å². The number of halogens is 1. The van der Waals surface area contributed by atoms with Gasteiger partial charge in [0, 0.05) is 31.3 Å². The van der Waals surface area contributed by atoms with E-state index in [-0.39, 0.29) is 19.6 Å². The number of piperazine rings is 1. The Hall–Kier alpha value is -3.37. The minimum Gasteiger partial charge on any atom is -0.504 e. The summed E-state index contributed by atoms with van der Waals surface area (Å²) in [5.74, 6) is -6.49. The van der Waals surface area contributed by atoms with Crippen LogP contribution in [0.1, 0.15) is 18.5 Å². The number of rotatable bonds is 4. The molecule has 0 radical (unpaired) electrons. The molecule has 1 aliphatic rings. The zero-order chi connectivity index (χ0) is 19.6. The van der Waals surface area contributed by atoms with Gasteiger partial charge in [0.25, 0.3) is 0 Å². The molecule has 0 bridgehead atoms. The van der Waals surface area contributed by atoms with Crippen LogP contribution in [0.5, 0.6) is 11.5 Å². The summed E-state index contributed by atoms with van der Waals surface area (Å²) in [5, 5.41) is 29.8. The quantitative estimate of drug-likeness (QED) is 0.423. The maximum atomic E-state index is 13.9. The number of carbonyl (C=O) groups excluding carboxylic acids is 3. The number of phenolic OH excluding ortho intramolecular Hbond substituents is 2. The Morgan fingerprint density at radius 1 is 1.19 bits per heavy atom. The van der Waals surface area contributed by atoms with Gasteiger partial charge in [0.2, 0.25) is 0 Å². The van der Waals surface area contributed by atoms with E-state index in [4.69, 9.17) is 0 Å². The van der Waals surface area contributed by atoms with Crippen molar-refractivity contribution in [2.24, 2.45) is 0 Å². The van der Waals surface area contributed by atoms with Gasteiger partial charge in [0.15, 0.2) is 17.5 Å². The molecule has 1 saturated heterocycles. The number of carbonyl (C=O) groups is 4. The third kappa shape index (κ3) is 3.50. The van der Waals surface area contributed by atoms with E-state index in [1.807, 2.05) is 5.32 Å². The van der Waals surface area contributed by atoms with Crippen LogP contribution in [0.2, 0.25) is 0 Å². The molecule has 4 amide bonds.